The second kappa shape index (κ2) is 6.95. The number of para-hydroxylation sites is 1. The average Bonchev–Trinajstić information content (AvgIpc) is 3.13. The molecule has 0 spiro atoms. The molecule has 1 aliphatic carbocycles. The quantitative estimate of drug-likeness (QED) is 0.565. The number of aromatic nitrogens is 2. The third kappa shape index (κ3) is 3.14. The number of anilines is 1. The Hall–Kier alpha value is -2.86. The number of rotatable bonds is 3. The molecule has 0 unspecified atom stereocenters. The summed E-state index contributed by atoms with van der Waals surface area (Å²) in [4.78, 5) is 20.5. The van der Waals surface area contributed by atoms with Crippen molar-refractivity contribution >= 4 is 22.6 Å². The molecule has 144 valence electrons. The second-order valence-corrected chi connectivity index (χ2v) is 7.92. The van der Waals surface area contributed by atoms with E-state index in [1.165, 1.54) is 0 Å². The molecule has 5 rings (SSSR count). The summed E-state index contributed by atoms with van der Waals surface area (Å²) in [5.74, 6) is 0.876. The van der Waals surface area contributed by atoms with Crippen LogP contribution in [0.5, 0.6) is 0 Å². The standard InChI is InChI=1S/C22H25N5O/c23-14-4-2-5-15(11-14)25-20-8-7-13-3-1-6-16(21(13)27-20)19-12-17-18(26-19)9-10-24-22(17)28/h1,3,6-8,12,14-15,26H,2,4-5,9-11,23H2,(H,24,28)(H,25,27)/t14-,15-/m1/s1. The van der Waals surface area contributed by atoms with Crippen LogP contribution in [0, 0.1) is 0 Å². The first-order valence-corrected chi connectivity index (χ1v) is 10.1. The highest BCUT2D eigenvalue weighted by Crippen LogP contribution is 2.31. The zero-order valence-electron chi connectivity index (χ0n) is 15.8. The number of amides is 1. The minimum atomic E-state index is -0.00654. The number of H-pyrrole nitrogens is 1. The van der Waals surface area contributed by atoms with Gasteiger partial charge in [0.2, 0.25) is 0 Å². The molecule has 6 heteroatoms. The maximum absolute atomic E-state index is 12.1. The van der Waals surface area contributed by atoms with E-state index in [9.17, 15) is 4.79 Å². The van der Waals surface area contributed by atoms with Crippen molar-refractivity contribution in [2.45, 2.75) is 44.2 Å². The Kier molecular flexibility index (Phi) is 4.28. The fourth-order valence-electron chi connectivity index (χ4n) is 4.45. The molecule has 0 radical (unpaired) electrons. The van der Waals surface area contributed by atoms with Crippen LogP contribution in [0.15, 0.2) is 36.4 Å². The lowest BCUT2D eigenvalue weighted by molar-refractivity contribution is 0.0946. The molecule has 1 aromatic carbocycles. The van der Waals surface area contributed by atoms with Crippen molar-refractivity contribution in [2.24, 2.45) is 5.73 Å². The number of carbonyl (C=O) groups excluding carboxylic acids is 1. The highest BCUT2D eigenvalue weighted by molar-refractivity contribution is 6.00. The van der Waals surface area contributed by atoms with E-state index in [2.05, 4.69) is 33.8 Å². The number of hydrogen-bond acceptors (Lipinski definition) is 4. The summed E-state index contributed by atoms with van der Waals surface area (Å²) in [7, 11) is 0. The van der Waals surface area contributed by atoms with E-state index in [1.807, 2.05) is 18.2 Å². The molecule has 5 N–H and O–H groups in total. The van der Waals surface area contributed by atoms with Crippen molar-refractivity contribution in [1.82, 2.24) is 15.3 Å². The fourth-order valence-corrected chi connectivity index (χ4v) is 4.45. The van der Waals surface area contributed by atoms with Gasteiger partial charge in [0.25, 0.3) is 5.91 Å². The van der Waals surface area contributed by atoms with Crippen LogP contribution in [-0.4, -0.2) is 34.5 Å². The van der Waals surface area contributed by atoms with Gasteiger partial charge in [-0.2, -0.15) is 0 Å². The van der Waals surface area contributed by atoms with E-state index in [0.717, 1.165) is 71.3 Å². The zero-order valence-corrected chi connectivity index (χ0v) is 15.8. The number of aromatic amines is 1. The van der Waals surface area contributed by atoms with Crippen molar-refractivity contribution in [2.75, 3.05) is 11.9 Å². The van der Waals surface area contributed by atoms with Gasteiger partial charge in [0, 0.05) is 47.4 Å². The van der Waals surface area contributed by atoms with E-state index >= 15 is 0 Å². The van der Waals surface area contributed by atoms with Crippen molar-refractivity contribution in [3.8, 4) is 11.3 Å². The van der Waals surface area contributed by atoms with Crippen LogP contribution < -0.4 is 16.4 Å². The maximum Gasteiger partial charge on any atom is 0.253 e. The lowest BCUT2D eigenvalue weighted by Gasteiger charge is -2.27. The van der Waals surface area contributed by atoms with Crippen LogP contribution in [0.25, 0.3) is 22.2 Å². The number of hydrogen-bond donors (Lipinski definition) is 4. The molecule has 3 heterocycles. The van der Waals surface area contributed by atoms with E-state index in [-0.39, 0.29) is 11.9 Å². The normalized spacial score (nSPS) is 22.0. The van der Waals surface area contributed by atoms with Crippen molar-refractivity contribution in [3.05, 3.63) is 47.7 Å². The Morgan fingerprint density at radius 1 is 1.14 bits per heavy atom. The van der Waals surface area contributed by atoms with E-state index in [4.69, 9.17) is 10.7 Å². The third-order valence-electron chi connectivity index (χ3n) is 5.88. The highest BCUT2D eigenvalue weighted by Gasteiger charge is 2.22. The smallest absolute Gasteiger partial charge is 0.253 e. The Balaban J connectivity index is 1.52. The highest BCUT2D eigenvalue weighted by atomic mass is 16.1. The summed E-state index contributed by atoms with van der Waals surface area (Å²) in [6.07, 6.45) is 5.22. The Bertz CT molecular complexity index is 1040. The molecule has 6 nitrogen and oxygen atoms in total. The first-order chi connectivity index (χ1) is 13.7. The Morgan fingerprint density at radius 2 is 2.07 bits per heavy atom. The van der Waals surface area contributed by atoms with E-state index in [0.29, 0.717) is 12.6 Å². The van der Waals surface area contributed by atoms with Gasteiger partial charge in [-0.15, -0.1) is 0 Å². The molecule has 1 fully saturated rings. The number of nitrogens with one attached hydrogen (secondary N) is 3. The average molecular weight is 375 g/mol. The molecule has 2 aromatic heterocycles. The van der Waals surface area contributed by atoms with Gasteiger partial charge in [-0.25, -0.2) is 4.98 Å². The molecule has 1 saturated carbocycles. The summed E-state index contributed by atoms with van der Waals surface area (Å²) in [6.45, 7) is 0.678. The molecule has 28 heavy (non-hydrogen) atoms. The Morgan fingerprint density at radius 3 is 2.93 bits per heavy atom. The first kappa shape index (κ1) is 17.3. The minimum absolute atomic E-state index is 0.00654. The van der Waals surface area contributed by atoms with Gasteiger partial charge in [0.1, 0.15) is 5.82 Å². The molecule has 0 bridgehead atoms. The predicted octanol–water partition coefficient (Wildman–Crippen LogP) is 3.20. The van der Waals surface area contributed by atoms with Gasteiger partial charge in [-0.3, -0.25) is 4.79 Å². The van der Waals surface area contributed by atoms with Crippen LogP contribution in [0.4, 0.5) is 5.82 Å². The second-order valence-electron chi connectivity index (χ2n) is 7.92. The van der Waals surface area contributed by atoms with Gasteiger partial charge in [0.05, 0.1) is 11.1 Å². The van der Waals surface area contributed by atoms with Crippen LogP contribution in [0.2, 0.25) is 0 Å². The van der Waals surface area contributed by atoms with Gasteiger partial charge < -0.3 is 21.4 Å². The van der Waals surface area contributed by atoms with Gasteiger partial charge in [-0.05, 0) is 43.9 Å². The summed E-state index contributed by atoms with van der Waals surface area (Å²) >= 11 is 0. The number of fused-ring (bicyclic) bond motifs is 2. The topological polar surface area (TPSA) is 95.8 Å². The zero-order chi connectivity index (χ0) is 19.1. The third-order valence-corrected chi connectivity index (χ3v) is 5.88. The monoisotopic (exact) mass is 375 g/mol. The summed E-state index contributed by atoms with van der Waals surface area (Å²) in [6, 6.07) is 12.9. The summed E-state index contributed by atoms with van der Waals surface area (Å²) in [5.41, 5.74) is 10.8. The van der Waals surface area contributed by atoms with Crippen LogP contribution in [0.3, 0.4) is 0 Å². The number of pyridine rings is 1. The SMILES string of the molecule is N[C@@H]1CCC[C@@H](Nc2ccc3cccc(-c4cc5c([nH]4)CCNC5=O)c3n2)C1. The lowest BCUT2D eigenvalue weighted by Crippen LogP contribution is -2.35. The summed E-state index contributed by atoms with van der Waals surface area (Å²) in [5, 5.41) is 7.56. The number of carbonyl (C=O) groups is 1. The minimum Gasteiger partial charge on any atom is -0.367 e. The molecule has 0 saturated heterocycles. The molecular weight excluding hydrogens is 350 g/mol. The number of nitrogens with zero attached hydrogens (tertiary/aromatic N) is 1. The van der Waals surface area contributed by atoms with Gasteiger partial charge in [0.15, 0.2) is 0 Å². The molecule has 1 amide bonds. The number of nitrogens with two attached hydrogens (primary N) is 1. The molecule has 1 aliphatic heterocycles. The fraction of sp³-hybridized carbons (Fsp3) is 0.364. The molecular formula is C22H25N5O. The van der Waals surface area contributed by atoms with Gasteiger partial charge >= 0.3 is 0 Å². The van der Waals surface area contributed by atoms with Crippen molar-refractivity contribution < 1.29 is 4.79 Å². The molecule has 2 aliphatic rings. The molecule has 3 aromatic rings. The van der Waals surface area contributed by atoms with E-state index < -0.39 is 0 Å². The van der Waals surface area contributed by atoms with Crippen molar-refractivity contribution in [1.29, 1.82) is 0 Å². The molecule has 2 atom stereocenters. The van der Waals surface area contributed by atoms with Crippen molar-refractivity contribution in [3.63, 3.8) is 0 Å². The van der Waals surface area contributed by atoms with Crippen LogP contribution in [-0.2, 0) is 6.42 Å². The van der Waals surface area contributed by atoms with Crippen LogP contribution >= 0.6 is 0 Å². The maximum atomic E-state index is 12.1. The lowest BCUT2D eigenvalue weighted by atomic mass is 9.91. The number of benzene rings is 1. The predicted molar refractivity (Wildman–Crippen MR) is 111 cm³/mol. The van der Waals surface area contributed by atoms with E-state index in [1.54, 1.807) is 0 Å². The Labute approximate surface area is 163 Å². The van der Waals surface area contributed by atoms with Gasteiger partial charge in [-0.1, -0.05) is 18.2 Å². The van der Waals surface area contributed by atoms with Crippen LogP contribution in [0.1, 0.15) is 41.7 Å². The summed E-state index contributed by atoms with van der Waals surface area (Å²) < 4.78 is 0. The first-order valence-electron chi connectivity index (χ1n) is 10.1. The largest absolute Gasteiger partial charge is 0.367 e.